The maximum Gasteiger partial charge on any atom is 0.253 e. The van der Waals surface area contributed by atoms with Crippen molar-refractivity contribution < 1.29 is 9.59 Å². The Morgan fingerprint density at radius 1 is 0.925 bits per heavy atom. The van der Waals surface area contributed by atoms with E-state index < -0.39 is 5.41 Å². The average molecular weight is 718 g/mol. The Balaban J connectivity index is 1.16. The van der Waals surface area contributed by atoms with E-state index in [-0.39, 0.29) is 23.9 Å². The summed E-state index contributed by atoms with van der Waals surface area (Å²) in [5.41, 5.74) is 5.72. The zero-order chi connectivity index (χ0) is 36.9. The third-order valence-corrected chi connectivity index (χ3v) is 12.5. The average Bonchev–Trinajstić information content (AvgIpc) is 3.55. The van der Waals surface area contributed by atoms with E-state index in [0.717, 1.165) is 67.0 Å². The van der Waals surface area contributed by atoms with Gasteiger partial charge in [-0.15, -0.1) is 10.2 Å². The van der Waals surface area contributed by atoms with Crippen LogP contribution in [0.4, 0.5) is 0 Å². The van der Waals surface area contributed by atoms with Crippen LogP contribution < -0.4 is 5.32 Å². The van der Waals surface area contributed by atoms with Crippen LogP contribution in [-0.4, -0.2) is 148 Å². The fraction of sp³-hybridized carbons (Fsp3) is 0.550. The number of likely N-dealkylation sites (tertiary alicyclic amines) is 1. The molecule has 4 atom stereocenters. The molecule has 2 amide bonds. The lowest BCUT2D eigenvalue weighted by Gasteiger charge is -2.37. The lowest BCUT2D eigenvalue weighted by molar-refractivity contribution is 0.0657. The van der Waals surface area contributed by atoms with Crippen molar-refractivity contribution in [2.45, 2.75) is 62.6 Å². The topological polar surface area (TPSA) is 141 Å². The Bertz CT molecular complexity index is 1820. The number of H-pyrrole nitrogens is 1. The molecule has 3 saturated heterocycles. The monoisotopic (exact) mass is 717 g/mol. The summed E-state index contributed by atoms with van der Waals surface area (Å²) in [6.45, 7) is 13.4. The van der Waals surface area contributed by atoms with Crippen LogP contribution in [0.2, 0.25) is 0 Å². The number of fused-ring (bicyclic) bond motifs is 3. The van der Waals surface area contributed by atoms with Gasteiger partial charge in [0.05, 0.1) is 11.5 Å². The van der Waals surface area contributed by atoms with Gasteiger partial charge < -0.3 is 29.8 Å². The molecule has 5 aliphatic rings. The van der Waals surface area contributed by atoms with Gasteiger partial charge in [0.1, 0.15) is 6.04 Å². The van der Waals surface area contributed by atoms with E-state index >= 15 is 0 Å². The molecule has 2 aromatic carbocycles. The van der Waals surface area contributed by atoms with Crippen LogP contribution in [0.3, 0.4) is 0 Å². The van der Waals surface area contributed by atoms with Crippen LogP contribution in [0, 0.1) is 17.2 Å². The predicted molar refractivity (Wildman–Crippen MR) is 200 cm³/mol. The number of nitrogens with zero attached hydrogens (tertiary/aromatic N) is 9. The van der Waals surface area contributed by atoms with Gasteiger partial charge in [0.2, 0.25) is 0 Å². The highest BCUT2D eigenvalue weighted by Gasteiger charge is 2.52. The molecule has 0 radical (unpaired) electrons. The number of aryl methyl sites for hydroxylation is 2. The van der Waals surface area contributed by atoms with Crippen LogP contribution in [0.1, 0.15) is 75.0 Å². The van der Waals surface area contributed by atoms with Gasteiger partial charge in [0.15, 0.2) is 5.82 Å². The first kappa shape index (κ1) is 35.4. The van der Waals surface area contributed by atoms with Gasteiger partial charge in [-0.3, -0.25) is 9.59 Å². The minimum Gasteiger partial charge on any atom is -0.355 e. The molecule has 1 saturated carbocycles. The number of piperazine rings is 2. The van der Waals surface area contributed by atoms with Gasteiger partial charge in [0.25, 0.3) is 11.8 Å². The van der Waals surface area contributed by atoms with Gasteiger partial charge in [-0.25, -0.2) is 0 Å². The van der Waals surface area contributed by atoms with Crippen LogP contribution in [0.15, 0.2) is 48.7 Å². The largest absolute Gasteiger partial charge is 0.355 e. The van der Waals surface area contributed by atoms with Gasteiger partial charge in [-0.05, 0) is 106 Å². The normalized spacial score (nSPS) is 24.4. The molecule has 4 fully saturated rings. The number of rotatable bonds is 9. The van der Waals surface area contributed by atoms with E-state index in [1.165, 1.54) is 0 Å². The van der Waals surface area contributed by atoms with Crippen molar-refractivity contribution in [2.75, 3.05) is 73.0 Å². The summed E-state index contributed by atoms with van der Waals surface area (Å²) in [5, 5.41) is 29.7. The van der Waals surface area contributed by atoms with Crippen molar-refractivity contribution in [3.8, 4) is 6.07 Å². The van der Waals surface area contributed by atoms with Gasteiger partial charge in [-0.2, -0.15) is 10.5 Å². The van der Waals surface area contributed by atoms with E-state index in [1.54, 1.807) is 0 Å². The quantitative estimate of drug-likeness (QED) is 0.339. The zero-order valence-corrected chi connectivity index (χ0v) is 31.2. The van der Waals surface area contributed by atoms with Crippen LogP contribution in [0.5, 0.6) is 0 Å². The minimum absolute atomic E-state index is 0.0412. The van der Waals surface area contributed by atoms with E-state index in [9.17, 15) is 14.9 Å². The molecule has 0 spiro atoms. The summed E-state index contributed by atoms with van der Waals surface area (Å²) in [7, 11) is 4.18. The van der Waals surface area contributed by atoms with Crippen molar-refractivity contribution in [2.24, 2.45) is 5.92 Å². The van der Waals surface area contributed by atoms with Crippen molar-refractivity contribution in [3.05, 3.63) is 87.9 Å². The van der Waals surface area contributed by atoms with Crippen LogP contribution in [0.25, 0.3) is 0 Å². The Morgan fingerprint density at radius 3 is 2.00 bits per heavy atom. The van der Waals surface area contributed by atoms with Crippen molar-refractivity contribution in [1.82, 2.24) is 50.4 Å². The van der Waals surface area contributed by atoms with Gasteiger partial charge in [0, 0.05) is 87.8 Å². The Hall–Kier alpha value is -4.64. The zero-order valence-electron chi connectivity index (χ0n) is 31.2. The smallest absolute Gasteiger partial charge is 0.253 e. The summed E-state index contributed by atoms with van der Waals surface area (Å²) < 4.78 is 0. The minimum atomic E-state index is -0.836. The predicted octanol–water partition coefficient (Wildman–Crippen LogP) is 2.28. The fourth-order valence-corrected chi connectivity index (χ4v) is 9.33. The Labute approximate surface area is 312 Å². The maximum atomic E-state index is 13.9. The van der Waals surface area contributed by atoms with E-state index in [2.05, 4.69) is 98.6 Å². The van der Waals surface area contributed by atoms with E-state index in [0.29, 0.717) is 80.9 Å². The number of tetrazole rings is 1. The molecule has 3 aliphatic heterocycles. The van der Waals surface area contributed by atoms with Crippen LogP contribution in [-0.2, 0) is 18.3 Å². The molecule has 278 valence electrons. The number of hydrogen-bond acceptors (Lipinski definition) is 10. The van der Waals surface area contributed by atoms with E-state index in [4.69, 9.17) is 0 Å². The summed E-state index contributed by atoms with van der Waals surface area (Å²) >= 11 is 0. The van der Waals surface area contributed by atoms with E-state index in [1.807, 2.05) is 21.9 Å². The first-order valence-electron chi connectivity index (χ1n) is 19.2. The molecule has 3 aromatic rings. The summed E-state index contributed by atoms with van der Waals surface area (Å²) in [6, 6.07) is 15.1. The van der Waals surface area contributed by atoms with Crippen molar-refractivity contribution in [1.29, 1.82) is 5.26 Å². The molecule has 0 bridgehead atoms. The third kappa shape index (κ3) is 6.62. The highest BCUT2D eigenvalue weighted by molar-refractivity contribution is 5.95. The molecular formula is C40H51N11O2. The first-order chi connectivity index (χ1) is 25.7. The number of amides is 2. The molecule has 2 aliphatic carbocycles. The molecule has 4 heterocycles. The first-order valence-corrected chi connectivity index (χ1v) is 19.2. The summed E-state index contributed by atoms with van der Waals surface area (Å²) in [6.07, 6.45) is 4.04. The number of carbonyl (C=O) groups is 2. The Morgan fingerprint density at radius 2 is 1.49 bits per heavy atom. The summed E-state index contributed by atoms with van der Waals surface area (Å²) in [4.78, 5) is 38.4. The third-order valence-electron chi connectivity index (χ3n) is 12.5. The molecule has 2 N–H and O–H groups in total. The number of nitriles is 1. The van der Waals surface area contributed by atoms with Gasteiger partial charge >= 0.3 is 0 Å². The molecule has 8 rings (SSSR count). The number of aromatic amines is 1. The lowest BCUT2D eigenvalue weighted by Crippen LogP contribution is -2.47. The number of aromatic nitrogens is 4. The van der Waals surface area contributed by atoms with Gasteiger partial charge in [-0.1, -0.05) is 23.9 Å². The number of carbonyl (C=O) groups excluding carboxylic acids is 2. The summed E-state index contributed by atoms with van der Waals surface area (Å²) in [5.74, 6) is 1.26. The van der Waals surface area contributed by atoms with Crippen molar-refractivity contribution in [3.63, 3.8) is 0 Å². The molecule has 53 heavy (non-hydrogen) atoms. The highest BCUT2D eigenvalue weighted by Crippen LogP contribution is 2.50. The standard InChI is InChI=1S/C40H51N11O2/c1-26(42-25-27(2)51-33(24-41)21-32-22-36(32)51)23-40(39-43-45-46-44-39)34-9-7-30(37(52)49-15-11-47(3)12-16-49)19-28(34)5-6-29-20-31(8-10-35(29)40)38(53)50-17-13-48(4)14-18-50/h7-10,19-20,26,32-33,36,42H,2,5-6,11-18,21-23,25H2,1,3-4H3,(H,43,44,45,46)/t26-,32-,33?,36+/m1/s1. The molecular weight excluding hydrogens is 667 g/mol. The van der Waals surface area contributed by atoms with Crippen LogP contribution >= 0.6 is 0 Å². The molecule has 13 nitrogen and oxygen atoms in total. The fourth-order valence-electron chi connectivity index (χ4n) is 9.33. The number of likely N-dealkylation sites (N-methyl/N-ethyl adjacent to an activating group) is 2. The lowest BCUT2D eigenvalue weighted by atomic mass is 9.67. The number of nitrogens with one attached hydrogen (secondary N) is 2. The SMILES string of the molecule is C=C(CN[C@H](C)CC1(c2nn[nH]n2)c2ccc(C(=O)N3CCN(C)CC3)cc2CCc2cc(C(=O)N3CCN(C)CC3)ccc21)N1C(C#N)C[C@@H]2C[C@@H]21. The second-order valence-electron chi connectivity index (χ2n) is 16.0. The Kier molecular flexibility index (Phi) is 9.55. The number of hydrogen-bond donors (Lipinski definition) is 2. The maximum absolute atomic E-state index is 13.9. The van der Waals surface area contributed by atoms with Crippen molar-refractivity contribution >= 4 is 11.8 Å². The number of piperidine rings is 1. The number of benzene rings is 2. The second kappa shape index (κ2) is 14.3. The molecule has 13 heteroatoms. The molecule has 1 unspecified atom stereocenters. The highest BCUT2D eigenvalue weighted by atomic mass is 16.2. The second-order valence-corrected chi connectivity index (χ2v) is 16.0. The molecule has 1 aromatic heterocycles.